The zero-order valence-electron chi connectivity index (χ0n) is 18.2. The molecular formula is C22H29ClN6O2. The van der Waals surface area contributed by atoms with Crippen molar-refractivity contribution in [2.75, 3.05) is 45.8 Å². The van der Waals surface area contributed by atoms with Gasteiger partial charge in [-0.25, -0.2) is 9.67 Å². The Hall–Kier alpha value is -2.45. The number of rotatable bonds is 4. The Kier molecular flexibility index (Phi) is 6.57. The second kappa shape index (κ2) is 9.36. The van der Waals surface area contributed by atoms with Crippen molar-refractivity contribution in [1.82, 2.24) is 29.5 Å². The number of piperazine rings is 1. The number of halogens is 1. The molecule has 2 saturated heterocycles. The van der Waals surface area contributed by atoms with Gasteiger partial charge in [0.1, 0.15) is 5.69 Å². The van der Waals surface area contributed by atoms with Crippen LogP contribution in [0.2, 0.25) is 5.02 Å². The summed E-state index contributed by atoms with van der Waals surface area (Å²) in [6.07, 6.45) is 3.40. The fourth-order valence-electron chi connectivity index (χ4n) is 4.25. The Bertz CT molecular complexity index is 961. The number of carbonyl (C=O) groups excluding carboxylic acids is 2. The maximum absolute atomic E-state index is 13.1. The topological polar surface area (TPSA) is 74.6 Å². The van der Waals surface area contributed by atoms with E-state index in [4.69, 9.17) is 11.6 Å². The van der Waals surface area contributed by atoms with Crippen LogP contribution in [0.4, 0.5) is 0 Å². The minimum atomic E-state index is -0.185. The summed E-state index contributed by atoms with van der Waals surface area (Å²) in [6.45, 7) is 8.46. The number of hydrogen-bond donors (Lipinski definition) is 0. The molecule has 8 nitrogen and oxygen atoms in total. The van der Waals surface area contributed by atoms with Crippen molar-refractivity contribution >= 4 is 23.4 Å². The zero-order chi connectivity index (χ0) is 22.0. The molecule has 0 radical (unpaired) electrons. The average molecular weight is 445 g/mol. The lowest BCUT2D eigenvalue weighted by Crippen LogP contribution is -2.52. The number of pyridine rings is 1. The molecule has 2 aliphatic heterocycles. The Morgan fingerprint density at radius 1 is 0.968 bits per heavy atom. The van der Waals surface area contributed by atoms with Crippen LogP contribution in [0.5, 0.6) is 0 Å². The van der Waals surface area contributed by atoms with Crippen LogP contribution in [0.1, 0.15) is 41.1 Å². The highest BCUT2D eigenvalue weighted by molar-refractivity contribution is 6.33. The number of likely N-dealkylation sites (tertiary alicyclic amines) is 1. The fraction of sp³-hybridized carbons (Fsp3) is 0.545. The number of nitrogens with zero attached hydrogens (tertiary/aromatic N) is 6. The maximum atomic E-state index is 13.1. The minimum Gasteiger partial charge on any atom is -0.342 e. The summed E-state index contributed by atoms with van der Waals surface area (Å²) in [5, 5.41) is 4.77. The van der Waals surface area contributed by atoms with Gasteiger partial charge in [0.15, 0.2) is 5.82 Å². The number of hydrogen-bond acceptors (Lipinski definition) is 5. The third kappa shape index (κ3) is 4.91. The van der Waals surface area contributed by atoms with Crippen molar-refractivity contribution in [1.29, 1.82) is 0 Å². The molecular weight excluding hydrogens is 416 g/mol. The van der Waals surface area contributed by atoms with Gasteiger partial charge in [0.05, 0.1) is 17.3 Å². The summed E-state index contributed by atoms with van der Waals surface area (Å²) in [6, 6.07) is 5.42. The Morgan fingerprint density at radius 3 is 2.32 bits per heavy atom. The van der Waals surface area contributed by atoms with E-state index >= 15 is 0 Å². The van der Waals surface area contributed by atoms with Crippen LogP contribution in [0.25, 0.3) is 5.82 Å². The predicted molar refractivity (Wildman–Crippen MR) is 119 cm³/mol. The van der Waals surface area contributed by atoms with Crippen molar-refractivity contribution in [2.24, 2.45) is 0 Å². The van der Waals surface area contributed by atoms with E-state index in [0.717, 1.165) is 37.3 Å². The number of piperidine rings is 1. The molecule has 4 rings (SSSR count). The van der Waals surface area contributed by atoms with Gasteiger partial charge < -0.3 is 9.80 Å². The van der Waals surface area contributed by atoms with Crippen molar-refractivity contribution in [3.63, 3.8) is 0 Å². The van der Waals surface area contributed by atoms with Gasteiger partial charge in [-0.15, -0.1) is 0 Å². The Morgan fingerprint density at radius 2 is 1.68 bits per heavy atom. The maximum Gasteiger partial charge on any atom is 0.274 e. The van der Waals surface area contributed by atoms with Crippen molar-refractivity contribution < 1.29 is 9.59 Å². The van der Waals surface area contributed by atoms with E-state index in [9.17, 15) is 9.59 Å². The van der Waals surface area contributed by atoms with Crippen LogP contribution < -0.4 is 0 Å². The largest absolute Gasteiger partial charge is 0.342 e. The monoisotopic (exact) mass is 444 g/mol. The molecule has 0 bridgehead atoms. The lowest BCUT2D eigenvalue weighted by atomic mass is 10.1. The van der Waals surface area contributed by atoms with Crippen LogP contribution in [0.15, 0.2) is 18.2 Å². The first-order valence-corrected chi connectivity index (χ1v) is 11.3. The second-order valence-corrected chi connectivity index (χ2v) is 8.76. The molecule has 166 valence electrons. The smallest absolute Gasteiger partial charge is 0.274 e. The molecule has 2 aromatic rings. The number of carbonyl (C=O) groups is 2. The molecule has 2 aromatic heterocycles. The molecule has 0 aromatic carbocycles. The van der Waals surface area contributed by atoms with Crippen molar-refractivity contribution in [2.45, 2.75) is 33.1 Å². The highest BCUT2D eigenvalue weighted by Gasteiger charge is 2.27. The van der Waals surface area contributed by atoms with Crippen LogP contribution in [-0.2, 0) is 4.79 Å². The second-order valence-electron chi connectivity index (χ2n) is 8.35. The molecule has 0 atom stereocenters. The lowest BCUT2D eigenvalue weighted by Gasteiger charge is -2.36. The summed E-state index contributed by atoms with van der Waals surface area (Å²) in [4.78, 5) is 36.0. The summed E-state index contributed by atoms with van der Waals surface area (Å²) in [5.74, 6) is 0.585. The molecule has 0 N–H and O–H groups in total. The van der Waals surface area contributed by atoms with Gasteiger partial charge >= 0.3 is 0 Å². The normalized spacial score (nSPS) is 17.8. The van der Waals surface area contributed by atoms with Gasteiger partial charge in [-0.1, -0.05) is 11.6 Å². The number of aryl methyl sites for hydroxylation is 2. The number of aromatic nitrogens is 3. The molecule has 9 heteroatoms. The Labute approximate surface area is 187 Å². The number of amides is 2. The lowest BCUT2D eigenvalue weighted by molar-refractivity contribution is -0.133. The van der Waals surface area contributed by atoms with E-state index in [1.54, 1.807) is 21.7 Å². The summed E-state index contributed by atoms with van der Waals surface area (Å²) in [5.41, 5.74) is 2.07. The molecule has 2 fully saturated rings. The molecule has 0 saturated carbocycles. The van der Waals surface area contributed by atoms with Gasteiger partial charge in [-0.05, 0) is 51.3 Å². The molecule has 0 aliphatic carbocycles. The highest BCUT2D eigenvalue weighted by atomic mass is 35.5. The summed E-state index contributed by atoms with van der Waals surface area (Å²) < 4.78 is 1.71. The van der Waals surface area contributed by atoms with E-state index < -0.39 is 0 Å². The standard InChI is InChI=1S/C22H29ClN6O2/c1-16-14-17(2)29(25-16)19-7-6-18(23)21(24-19)22(31)28-12-10-26(11-13-28)15-20(30)27-8-4-3-5-9-27/h6-7,14H,3-5,8-13,15H2,1-2H3. The first-order valence-electron chi connectivity index (χ1n) is 10.9. The van der Waals surface area contributed by atoms with Crippen LogP contribution in [0.3, 0.4) is 0 Å². The summed E-state index contributed by atoms with van der Waals surface area (Å²) in [7, 11) is 0. The van der Waals surface area contributed by atoms with Gasteiger partial charge in [0.2, 0.25) is 5.91 Å². The van der Waals surface area contributed by atoms with Crippen LogP contribution >= 0.6 is 11.6 Å². The van der Waals surface area contributed by atoms with Gasteiger partial charge in [-0.2, -0.15) is 5.10 Å². The molecule has 2 amide bonds. The van der Waals surface area contributed by atoms with Crippen LogP contribution in [0, 0.1) is 13.8 Å². The van der Waals surface area contributed by atoms with E-state index in [-0.39, 0.29) is 17.5 Å². The van der Waals surface area contributed by atoms with E-state index in [1.807, 2.05) is 24.8 Å². The summed E-state index contributed by atoms with van der Waals surface area (Å²) >= 11 is 6.33. The quantitative estimate of drug-likeness (QED) is 0.723. The highest BCUT2D eigenvalue weighted by Crippen LogP contribution is 2.20. The fourth-order valence-corrected chi connectivity index (χ4v) is 4.44. The first kappa shape index (κ1) is 21.8. The van der Waals surface area contributed by atoms with E-state index in [1.165, 1.54) is 6.42 Å². The van der Waals surface area contributed by atoms with Gasteiger partial charge in [0.25, 0.3) is 5.91 Å². The zero-order valence-corrected chi connectivity index (χ0v) is 18.9. The van der Waals surface area contributed by atoms with E-state index in [0.29, 0.717) is 43.6 Å². The van der Waals surface area contributed by atoms with Gasteiger partial charge in [-0.3, -0.25) is 14.5 Å². The first-order chi connectivity index (χ1) is 14.9. The molecule has 4 heterocycles. The average Bonchev–Trinajstić information content (AvgIpc) is 3.12. The minimum absolute atomic E-state index is 0.185. The predicted octanol–water partition coefficient (Wildman–Crippen LogP) is 2.31. The Balaban J connectivity index is 1.39. The third-order valence-corrected chi connectivity index (χ3v) is 6.29. The van der Waals surface area contributed by atoms with E-state index in [2.05, 4.69) is 15.0 Å². The molecule has 0 spiro atoms. The van der Waals surface area contributed by atoms with Crippen LogP contribution in [-0.4, -0.2) is 87.1 Å². The third-order valence-electron chi connectivity index (χ3n) is 5.99. The molecule has 2 aliphatic rings. The van der Waals surface area contributed by atoms with Crippen molar-refractivity contribution in [3.8, 4) is 5.82 Å². The van der Waals surface area contributed by atoms with Crippen molar-refractivity contribution in [3.05, 3.63) is 40.3 Å². The molecule has 0 unspecified atom stereocenters. The molecule has 31 heavy (non-hydrogen) atoms. The SMILES string of the molecule is Cc1cc(C)n(-c2ccc(Cl)c(C(=O)N3CCN(CC(=O)N4CCCCC4)CC3)n2)n1. The van der Waals surface area contributed by atoms with Gasteiger partial charge in [0, 0.05) is 45.0 Å².